The molecule has 4 heterocycles. The van der Waals surface area contributed by atoms with Gasteiger partial charge in [-0.3, -0.25) is 9.59 Å². The molecule has 0 aromatic heterocycles. The number of esters is 4. The lowest BCUT2D eigenvalue weighted by Gasteiger charge is -2.51. The number of hydrogen-bond acceptors (Lipinski definition) is 14. The van der Waals surface area contributed by atoms with Crippen molar-refractivity contribution in [1.82, 2.24) is 0 Å². The van der Waals surface area contributed by atoms with Crippen molar-refractivity contribution in [3.8, 4) is 0 Å². The highest BCUT2D eigenvalue weighted by molar-refractivity contribution is 5.83. The highest BCUT2D eigenvalue weighted by atomic mass is 16.7. The minimum Gasteiger partial charge on any atom is -0.466 e. The van der Waals surface area contributed by atoms with E-state index in [2.05, 4.69) is 6.92 Å². The Kier molecular flexibility index (Phi) is 17.5. The van der Waals surface area contributed by atoms with E-state index in [4.69, 9.17) is 33.2 Å². The summed E-state index contributed by atoms with van der Waals surface area (Å²) in [5, 5.41) is 34.0. The number of cyclic esters (lactones) is 1. The van der Waals surface area contributed by atoms with E-state index in [-0.39, 0.29) is 56.0 Å². The molecule has 3 saturated heterocycles. The first-order valence-corrected chi connectivity index (χ1v) is 20.3. The fourth-order valence-corrected chi connectivity index (χ4v) is 8.09. The molecule has 0 aromatic rings. The zero-order chi connectivity index (χ0) is 40.9. The monoisotopic (exact) mass is 792 g/mol. The number of rotatable bonds is 10. The first-order valence-electron chi connectivity index (χ1n) is 20.3. The number of ether oxygens (including phenoxy) is 7. The molecule has 1 unspecified atom stereocenters. The summed E-state index contributed by atoms with van der Waals surface area (Å²) in [7, 11) is 2.53. The van der Waals surface area contributed by atoms with Gasteiger partial charge in [0.25, 0.3) is 0 Å². The molecule has 316 valence electrons. The topological polar surface area (TPSA) is 194 Å². The molecule has 0 saturated carbocycles. The number of methoxy groups -OCH3 is 2. The second kappa shape index (κ2) is 21.6. The zero-order valence-corrected chi connectivity index (χ0v) is 33.8. The summed E-state index contributed by atoms with van der Waals surface area (Å²) in [6.07, 6.45) is 8.35. The van der Waals surface area contributed by atoms with Crippen LogP contribution in [0.25, 0.3) is 0 Å². The summed E-state index contributed by atoms with van der Waals surface area (Å²) in [5.74, 6) is -4.82. The number of carbonyl (C=O) groups is 4. The van der Waals surface area contributed by atoms with Crippen LogP contribution in [0.5, 0.6) is 0 Å². The van der Waals surface area contributed by atoms with Gasteiger partial charge in [0, 0.05) is 43.3 Å². The molecule has 0 spiro atoms. The third-order valence-electron chi connectivity index (χ3n) is 11.2. The lowest BCUT2D eigenvalue weighted by atomic mass is 9.74. The molecular formula is C42H64O14. The van der Waals surface area contributed by atoms with Crippen LogP contribution in [-0.2, 0) is 52.3 Å². The number of fused-ring (bicyclic) bond motifs is 6. The fraction of sp³-hybridized carbons (Fsp3) is 0.762. The van der Waals surface area contributed by atoms with E-state index in [9.17, 15) is 34.5 Å². The predicted molar refractivity (Wildman–Crippen MR) is 203 cm³/mol. The van der Waals surface area contributed by atoms with Gasteiger partial charge in [-0.1, -0.05) is 64.2 Å². The van der Waals surface area contributed by atoms with Crippen LogP contribution < -0.4 is 0 Å². The molecule has 9 atom stereocenters. The Balaban J connectivity index is 1.75. The van der Waals surface area contributed by atoms with Crippen molar-refractivity contribution in [3.63, 3.8) is 0 Å². The Morgan fingerprint density at radius 2 is 1.57 bits per heavy atom. The van der Waals surface area contributed by atoms with E-state index >= 15 is 0 Å². The third-order valence-corrected chi connectivity index (χ3v) is 11.2. The largest absolute Gasteiger partial charge is 0.466 e. The second-order valence-electron chi connectivity index (χ2n) is 16.2. The Bertz CT molecular complexity index is 1420. The molecule has 4 aliphatic rings. The smallest absolute Gasteiger partial charge is 0.330 e. The molecule has 4 rings (SSSR count). The normalized spacial score (nSPS) is 34.8. The molecule has 0 aliphatic carbocycles. The maximum absolute atomic E-state index is 13.4. The highest BCUT2D eigenvalue weighted by Gasteiger charge is 2.57. The van der Waals surface area contributed by atoms with Crippen LogP contribution in [0, 0.1) is 5.41 Å². The summed E-state index contributed by atoms with van der Waals surface area (Å²) in [6, 6.07) is 0. The van der Waals surface area contributed by atoms with E-state index < -0.39 is 72.2 Å². The van der Waals surface area contributed by atoms with Gasteiger partial charge in [-0.25, -0.2) is 9.59 Å². The maximum Gasteiger partial charge on any atom is 0.330 e. The average Bonchev–Trinajstić information content (AvgIpc) is 3.14. The molecule has 3 N–H and O–H groups in total. The summed E-state index contributed by atoms with van der Waals surface area (Å²) in [5.41, 5.74) is -0.299. The van der Waals surface area contributed by atoms with Crippen molar-refractivity contribution in [3.05, 3.63) is 35.5 Å². The molecule has 6 bridgehead atoms. The standard InChI is InChI=1S/C42H64O14/c1-6-7-8-9-10-14-36(45)55-40-28(21-38(47)51-5)20-34-25-35(26-43)54-39(48)23-29(44)22-30-12-11-13-31(52-30)24-33-18-27(19-37(46)50-4)17-32(53-33)15-16-41(2,3)42(40,49)56-34/h15-16,19,21,29-35,40,43-44,49H,6-14,17-18,20,22-26H2,1-5H3/b16-15+,27-19+,28-21+/t29-,30+,31?,32+,33+,34+,35-,40+,42-/m1/s1. The first kappa shape index (κ1) is 45.6. The van der Waals surface area contributed by atoms with Crippen LogP contribution >= 0.6 is 0 Å². The maximum atomic E-state index is 13.4. The van der Waals surface area contributed by atoms with E-state index in [0.29, 0.717) is 25.7 Å². The first-order chi connectivity index (χ1) is 26.7. The van der Waals surface area contributed by atoms with Gasteiger partial charge in [0.2, 0.25) is 5.79 Å². The lowest BCUT2D eigenvalue weighted by Crippen LogP contribution is -2.62. The molecule has 0 amide bonds. The van der Waals surface area contributed by atoms with Crippen molar-refractivity contribution in [1.29, 1.82) is 0 Å². The highest BCUT2D eigenvalue weighted by Crippen LogP contribution is 2.47. The van der Waals surface area contributed by atoms with Crippen LogP contribution in [0.1, 0.15) is 124 Å². The van der Waals surface area contributed by atoms with E-state index in [1.165, 1.54) is 26.4 Å². The van der Waals surface area contributed by atoms with Gasteiger partial charge in [0.1, 0.15) is 6.10 Å². The molecule has 14 heteroatoms. The zero-order valence-electron chi connectivity index (χ0n) is 33.8. The van der Waals surface area contributed by atoms with Crippen LogP contribution in [-0.4, -0.2) is 115 Å². The van der Waals surface area contributed by atoms with Gasteiger partial charge < -0.3 is 48.5 Å². The van der Waals surface area contributed by atoms with Crippen LogP contribution in [0.15, 0.2) is 35.5 Å². The van der Waals surface area contributed by atoms with Gasteiger partial charge in [0.15, 0.2) is 6.10 Å². The Labute approximate surface area is 330 Å². The van der Waals surface area contributed by atoms with Gasteiger partial charge in [0.05, 0.1) is 63.9 Å². The minimum atomic E-state index is -2.30. The minimum absolute atomic E-state index is 0.0301. The van der Waals surface area contributed by atoms with Gasteiger partial charge >= 0.3 is 23.9 Å². The van der Waals surface area contributed by atoms with Crippen molar-refractivity contribution >= 4 is 23.9 Å². The average molecular weight is 793 g/mol. The SMILES string of the molecule is CCCCCCCC(=O)O[C@H]1/C(=C/C(=O)OC)C[C@H]2C[C@H](CO)OC(=O)C[C@H](O)C[C@@H]3CCCC(C[C@@H]4C/C(=C/C(=O)OC)C[C@H](/C=C/C(C)(C)[C@]1(O)O2)O4)O3. The van der Waals surface area contributed by atoms with Gasteiger partial charge in [-0.15, -0.1) is 0 Å². The Hall–Kier alpha value is -3.14. The predicted octanol–water partition coefficient (Wildman–Crippen LogP) is 4.84. The number of hydrogen-bond donors (Lipinski definition) is 3. The third kappa shape index (κ3) is 13.2. The second-order valence-corrected chi connectivity index (χ2v) is 16.2. The van der Waals surface area contributed by atoms with Gasteiger partial charge in [-0.2, -0.15) is 0 Å². The number of carbonyl (C=O) groups excluding carboxylic acids is 4. The fourth-order valence-electron chi connectivity index (χ4n) is 8.09. The van der Waals surface area contributed by atoms with Crippen LogP contribution in [0.2, 0.25) is 0 Å². The van der Waals surface area contributed by atoms with Crippen molar-refractivity contribution < 1.29 is 67.7 Å². The summed E-state index contributed by atoms with van der Waals surface area (Å²) < 4.78 is 40.9. The molecular weight excluding hydrogens is 728 g/mol. The van der Waals surface area contributed by atoms with Crippen molar-refractivity contribution in [2.75, 3.05) is 20.8 Å². The molecule has 0 aromatic carbocycles. The number of aliphatic hydroxyl groups excluding tert-OH is 2. The van der Waals surface area contributed by atoms with Crippen molar-refractivity contribution in [2.45, 2.75) is 178 Å². The molecule has 56 heavy (non-hydrogen) atoms. The number of unbranched alkanes of at least 4 members (excludes halogenated alkanes) is 4. The van der Waals surface area contributed by atoms with E-state index in [1.807, 2.05) is 0 Å². The summed E-state index contributed by atoms with van der Waals surface area (Å²) in [6.45, 7) is 4.92. The summed E-state index contributed by atoms with van der Waals surface area (Å²) >= 11 is 0. The molecule has 0 radical (unpaired) electrons. The Morgan fingerprint density at radius 1 is 0.875 bits per heavy atom. The molecule has 3 fully saturated rings. The van der Waals surface area contributed by atoms with Crippen LogP contribution in [0.3, 0.4) is 0 Å². The summed E-state index contributed by atoms with van der Waals surface area (Å²) in [4.78, 5) is 51.6. The number of aliphatic hydroxyl groups is 3. The van der Waals surface area contributed by atoms with Crippen LogP contribution in [0.4, 0.5) is 0 Å². The quantitative estimate of drug-likeness (QED) is 0.0895. The molecule has 14 nitrogen and oxygen atoms in total. The van der Waals surface area contributed by atoms with Gasteiger partial charge in [-0.05, 0) is 50.5 Å². The Morgan fingerprint density at radius 3 is 2.27 bits per heavy atom. The van der Waals surface area contributed by atoms with Crippen molar-refractivity contribution in [2.24, 2.45) is 5.41 Å². The van der Waals surface area contributed by atoms with E-state index in [1.54, 1.807) is 26.0 Å². The lowest BCUT2D eigenvalue weighted by molar-refractivity contribution is -0.327. The molecule has 4 aliphatic heterocycles. The van der Waals surface area contributed by atoms with E-state index in [0.717, 1.165) is 50.5 Å².